The Bertz CT molecular complexity index is 738. The summed E-state index contributed by atoms with van der Waals surface area (Å²) < 4.78 is 53.2. The quantitative estimate of drug-likeness (QED) is 0.749. The van der Waals surface area contributed by atoms with Crippen molar-refractivity contribution < 1.29 is 22.6 Å². The van der Waals surface area contributed by atoms with Crippen molar-refractivity contribution in [2.24, 2.45) is 0 Å². The summed E-state index contributed by atoms with van der Waals surface area (Å²) >= 11 is 0. The van der Waals surface area contributed by atoms with Crippen LogP contribution >= 0.6 is 0 Å². The normalized spacial score (nSPS) is 23.2. The molecule has 2 aliphatic rings. The molecule has 28 heavy (non-hydrogen) atoms. The molecule has 0 bridgehead atoms. The van der Waals surface area contributed by atoms with Crippen LogP contribution in [0.4, 0.5) is 24.9 Å². The fourth-order valence-electron chi connectivity index (χ4n) is 3.66. The van der Waals surface area contributed by atoms with Crippen molar-refractivity contribution in [3.63, 3.8) is 0 Å². The van der Waals surface area contributed by atoms with E-state index < -0.39 is 12.2 Å². The minimum atomic E-state index is -4.41. The van der Waals surface area contributed by atoms with Crippen LogP contribution in [0.5, 0.6) is 0 Å². The molecule has 1 aromatic rings. The molecule has 2 unspecified atom stereocenters. The summed E-state index contributed by atoms with van der Waals surface area (Å²) in [6.07, 6.45) is -4.69. The van der Waals surface area contributed by atoms with Gasteiger partial charge in [-0.25, -0.2) is 0 Å². The molecule has 2 atom stereocenters. The van der Waals surface area contributed by atoms with Crippen LogP contribution < -0.4 is 15.4 Å². The van der Waals surface area contributed by atoms with E-state index in [1.165, 1.54) is 15.5 Å². The Morgan fingerprint density at radius 3 is 2.75 bits per heavy atom. The van der Waals surface area contributed by atoms with Crippen LogP contribution in [0.15, 0.2) is 10.9 Å². The minimum absolute atomic E-state index is 0.00811. The Kier molecular flexibility index (Phi) is 6.18. The predicted octanol–water partition coefficient (Wildman–Crippen LogP) is 2.03. The summed E-state index contributed by atoms with van der Waals surface area (Å²) in [6.45, 7) is 7.22. The molecule has 0 N–H and O–H groups in total. The van der Waals surface area contributed by atoms with Crippen LogP contribution in [0, 0.1) is 0 Å². The van der Waals surface area contributed by atoms with Crippen molar-refractivity contribution in [2.75, 3.05) is 42.7 Å². The number of ether oxygens (including phenoxy) is 2. The molecule has 10 heteroatoms. The number of hydrogen-bond donors (Lipinski definition) is 0. The average molecular weight is 404 g/mol. The van der Waals surface area contributed by atoms with Gasteiger partial charge in [-0.15, -0.1) is 0 Å². The van der Waals surface area contributed by atoms with Crippen LogP contribution in [-0.4, -0.2) is 66.8 Å². The number of anilines is 2. The molecule has 1 saturated heterocycles. The Balaban J connectivity index is 1.98. The van der Waals surface area contributed by atoms with Crippen LogP contribution in [0.3, 0.4) is 0 Å². The molecule has 0 aliphatic carbocycles. The van der Waals surface area contributed by atoms with Crippen molar-refractivity contribution >= 4 is 11.8 Å². The van der Waals surface area contributed by atoms with E-state index in [1.54, 1.807) is 0 Å². The molecule has 0 radical (unpaired) electrons. The van der Waals surface area contributed by atoms with Gasteiger partial charge in [0.25, 0.3) is 5.56 Å². The first-order valence-electron chi connectivity index (χ1n) is 9.59. The van der Waals surface area contributed by atoms with Crippen LogP contribution in [0.25, 0.3) is 0 Å². The highest BCUT2D eigenvalue weighted by atomic mass is 19.4. The Labute approximate surface area is 162 Å². The highest BCUT2D eigenvalue weighted by Crippen LogP contribution is 2.34. The van der Waals surface area contributed by atoms with Gasteiger partial charge < -0.3 is 19.3 Å². The fraction of sp³-hybridized carbons (Fsp3) is 0.778. The number of nitrogens with zero attached hydrogens (tertiary/aromatic N) is 4. The number of alkyl halides is 3. The van der Waals surface area contributed by atoms with E-state index in [0.29, 0.717) is 25.6 Å². The second-order valence-electron chi connectivity index (χ2n) is 7.48. The summed E-state index contributed by atoms with van der Waals surface area (Å²) in [4.78, 5) is 20.2. The van der Waals surface area contributed by atoms with Crippen molar-refractivity contribution in [1.82, 2.24) is 9.55 Å². The second-order valence-corrected chi connectivity index (χ2v) is 7.48. The zero-order valence-electron chi connectivity index (χ0n) is 16.4. The van der Waals surface area contributed by atoms with Crippen LogP contribution in [-0.2, 0) is 16.0 Å². The van der Waals surface area contributed by atoms with E-state index in [-0.39, 0.29) is 49.8 Å². The molecule has 7 nitrogen and oxygen atoms in total. The van der Waals surface area contributed by atoms with E-state index in [4.69, 9.17) is 9.47 Å². The molecule has 1 fully saturated rings. The van der Waals surface area contributed by atoms with Gasteiger partial charge in [0.05, 0.1) is 32.0 Å². The molecule has 0 spiro atoms. The summed E-state index contributed by atoms with van der Waals surface area (Å²) in [5.74, 6) is 0.451. The number of hydrogen-bond acceptors (Lipinski definition) is 6. The van der Waals surface area contributed by atoms with E-state index >= 15 is 0 Å². The summed E-state index contributed by atoms with van der Waals surface area (Å²) in [5.41, 5.74) is -0.339. The van der Waals surface area contributed by atoms with Gasteiger partial charge in [-0.2, -0.15) is 18.2 Å². The largest absolute Gasteiger partial charge is 0.408 e. The molecular weight excluding hydrogens is 377 g/mol. The number of morpholine rings is 1. The first kappa shape index (κ1) is 20.9. The third kappa shape index (κ3) is 4.43. The van der Waals surface area contributed by atoms with E-state index in [1.807, 2.05) is 25.7 Å². The monoisotopic (exact) mass is 404 g/mol. The summed E-state index contributed by atoms with van der Waals surface area (Å²) in [6, 6.07) is -0.293. The van der Waals surface area contributed by atoms with Gasteiger partial charge in [0, 0.05) is 25.7 Å². The number of halogens is 3. The molecule has 3 heterocycles. The molecule has 158 valence electrons. The molecule has 0 saturated carbocycles. The Morgan fingerprint density at radius 1 is 1.36 bits per heavy atom. The lowest BCUT2D eigenvalue weighted by Crippen LogP contribution is -2.54. The molecule has 0 aromatic carbocycles. The fourth-order valence-corrected chi connectivity index (χ4v) is 3.66. The second kappa shape index (κ2) is 8.28. The maximum Gasteiger partial charge on any atom is 0.408 e. The topological polar surface area (TPSA) is 59.8 Å². The average Bonchev–Trinajstić information content (AvgIpc) is 2.61. The highest BCUT2D eigenvalue weighted by molar-refractivity contribution is 5.47. The van der Waals surface area contributed by atoms with E-state index in [2.05, 4.69) is 4.98 Å². The summed E-state index contributed by atoms with van der Waals surface area (Å²) in [5, 5.41) is 0. The Hall–Kier alpha value is -1.81. The van der Waals surface area contributed by atoms with Crippen molar-refractivity contribution in [3.05, 3.63) is 16.4 Å². The first-order valence-corrected chi connectivity index (χ1v) is 9.59. The van der Waals surface area contributed by atoms with Gasteiger partial charge in [0.1, 0.15) is 11.9 Å². The number of aromatic nitrogens is 2. The van der Waals surface area contributed by atoms with Gasteiger partial charge >= 0.3 is 6.18 Å². The lowest BCUT2D eigenvalue weighted by atomic mass is 10.1. The maximum absolute atomic E-state index is 13.7. The molecule has 1 aromatic heterocycles. The molecule has 3 rings (SSSR count). The van der Waals surface area contributed by atoms with Gasteiger partial charge in [0.15, 0.2) is 0 Å². The lowest BCUT2D eigenvalue weighted by Gasteiger charge is -2.40. The zero-order chi connectivity index (χ0) is 20.5. The predicted molar refractivity (Wildman–Crippen MR) is 99.0 cm³/mol. The van der Waals surface area contributed by atoms with Crippen molar-refractivity contribution in [3.8, 4) is 0 Å². The smallest absolute Gasteiger partial charge is 0.377 e. The van der Waals surface area contributed by atoms with Gasteiger partial charge in [0.2, 0.25) is 5.95 Å². The molecular formula is C18H27F3N4O3. The lowest BCUT2D eigenvalue weighted by molar-refractivity contribution is -0.153. The maximum atomic E-state index is 13.7. The molecule has 2 aliphatic heterocycles. The van der Waals surface area contributed by atoms with Gasteiger partial charge in [-0.1, -0.05) is 0 Å². The van der Waals surface area contributed by atoms with E-state index in [9.17, 15) is 18.0 Å². The Morgan fingerprint density at radius 2 is 2.11 bits per heavy atom. The van der Waals surface area contributed by atoms with Gasteiger partial charge in [-0.3, -0.25) is 9.36 Å². The number of fused-ring (bicyclic) bond motifs is 1. The molecule has 0 amide bonds. The summed E-state index contributed by atoms with van der Waals surface area (Å²) in [7, 11) is 0. The minimum Gasteiger partial charge on any atom is -0.377 e. The van der Waals surface area contributed by atoms with Gasteiger partial charge in [-0.05, 0) is 27.2 Å². The third-order valence-corrected chi connectivity index (χ3v) is 5.06. The standard InChI is InChI=1S/C18H27F3N4O3/c1-12(2)28-9-7-24-14(18(19,20)21)4-5-25-16(26)10-15(22-17(24)25)23-6-8-27-11-13(23)3/h10,12-14H,4-9,11H2,1-3H3. The van der Waals surface area contributed by atoms with Crippen molar-refractivity contribution in [2.45, 2.75) is 58.1 Å². The van der Waals surface area contributed by atoms with Crippen molar-refractivity contribution in [1.29, 1.82) is 0 Å². The zero-order valence-corrected chi connectivity index (χ0v) is 16.4. The number of rotatable bonds is 5. The van der Waals surface area contributed by atoms with E-state index in [0.717, 1.165) is 0 Å². The highest BCUT2D eigenvalue weighted by Gasteiger charge is 2.46. The van der Waals surface area contributed by atoms with Crippen LogP contribution in [0.1, 0.15) is 27.2 Å². The first-order chi connectivity index (χ1) is 13.2. The SMILES string of the molecule is CC(C)OCCN1c2nc(N3CCOCC3C)cc(=O)n2CCC1C(F)(F)F. The third-order valence-electron chi connectivity index (χ3n) is 5.06. The van der Waals surface area contributed by atoms with Crippen LogP contribution in [0.2, 0.25) is 0 Å².